The molecule has 60 valence electrons. The zero-order valence-corrected chi connectivity index (χ0v) is 7.61. The Morgan fingerprint density at radius 3 is 2.50 bits per heavy atom. The van der Waals surface area contributed by atoms with Gasteiger partial charge in [0.2, 0.25) is 0 Å². The molecule has 0 N–H and O–H groups in total. The average molecular weight is 163 g/mol. The van der Waals surface area contributed by atoms with Crippen LogP contribution in [0.15, 0.2) is 12.7 Å². The molecule has 2 heteroatoms. The molecule has 0 aliphatic carbocycles. The van der Waals surface area contributed by atoms with Gasteiger partial charge in [0.05, 0.1) is 17.6 Å². The predicted molar refractivity (Wildman–Crippen MR) is 45.5 cm³/mol. The molecule has 0 aromatic rings. The minimum atomic E-state index is -0.289. The highest BCUT2D eigenvalue weighted by molar-refractivity contribution is 6.23. The fourth-order valence-corrected chi connectivity index (χ4v) is 0.474. The minimum Gasteiger partial charge on any atom is -0.373 e. The van der Waals surface area contributed by atoms with Crippen LogP contribution in [-0.4, -0.2) is 17.6 Å². The second-order valence-corrected chi connectivity index (χ2v) is 3.80. The normalized spacial score (nSPS) is 14.8. The van der Waals surface area contributed by atoms with E-state index in [0.29, 0.717) is 6.61 Å². The van der Waals surface area contributed by atoms with Gasteiger partial charge in [-0.3, -0.25) is 0 Å². The van der Waals surface area contributed by atoms with Crippen LogP contribution >= 0.6 is 11.6 Å². The van der Waals surface area contributed by atoms with Crippen LogP contribution in [0.1, 0.15) is 20.8 Å². The van der Waals surface area contributed by atoms with Gasteiger partial charge in [-0.15, -0.1) is 18.2 Å². The molecule has 0 heterocycles. The van der Waals surface area contributed by atoms with Crippen LogP contribution in [0.2, 0.25) is 0 Å². The summed E-state index contributed by atoms with van der Waals surface area (Å²) in [5, 5.41) is 0. The fourth-order valence-electron chi connectivity index (χ4n) is 0.411. The third kappa shape index (κ3) is 3.91. The summed E-state index contributed by atoms with van der Waals surface area (Å²) in [5.41, 5.74) is 0. The van der Waals surface area contributed by atoms with Crippen molar-refractivity contribution in [2.75, 3.05) is 6.61 Å². The van der Waals surface area contributed by atoms with Gasteiger partial charge in [-0.1, -0.05) is 6.08 Å². The molecule has 0 amide bonds. The van der Waals surface area contributed by atoms with Gasteiger partial charge in [-0.05, 0) is 20.8 Å². The Hall–Kier alpha value is -0.0100. The van der Waals surface area contributed by atoms with E-state index >= 15 is 0 Å². The van der Waals surface area contributed by atoms with Crippen molar-refractivity contribution in [3.63, 3.8) is 0 Å². The van der Waals surface area contributed by atoms with E-state index in [1.54, 1.807) is 6.08 Å². The molecule has 10 heavy (non-hydrogen) atoms. The highest BCUT2D eigenvalue weighted by Crippen LogP contribution is 2.20. The lowest BCUT2D eigenvalue weighted by Gasteiger charge is -2.24. The fraction of sp³-hybridized carbons (Fsp3) is 0.750. The van der Waals surface area contributed by atoms with Crippen LogP contribution in [0.3, 0.4) is 0 Å². The molecule has 0 saturated carbocycles. The van der Waals surface area contributed by atoms with Crippen LogP contribution in [0.4, 0.5) is 0 Å². The van der Waals surface area contributed by atoms with Crippen LogP contribution in [-0.2, 0) is 4.74 Å². The van der Waals surface area contributed by atoms with Crippen molar-refractivity contribution in [3.05, 3.63) is 12.7 Å². The van der Waals surface area contributed by atoms with E-state index < -0.39 is 0 Å². The standard InChI is InChI=1S/C8H15ClO/c1-5-6-10-7(2)8(3,4)9/h5,7H,1,6H2,2-4H3. The van der Waals surface area contributed by atoms with E-state index in [2.05, 4.69) is 6.58 Å². The van der Waals surface area contributed by atoms with E-state index in [-0.39, 0.29) is 11.0 Å². The number of alkyl halides is 1. The SMILES string of the molecule is C=CCOC(C)C(C)(C)Cl. The van der Waals surface area contributed by atoms with Crippen molar-refractivity contribution < 1.29 is 4.74 Å². The lowest BCUT2D eigenvalue weighted by atomic mass is 10.1. The molecule has 0 saturated heterocycles. The molecule has 0 spiro atoms. The topological polar surface area (TPSA) is 9.23 Å². The first-order valence-electron chi connectivity index (χ1n) is 3.40. The van der Waals surface area contributed by atoms with Crippen LogP contribution in [0.5, 0.6) is 0 Å². The van der Waals surface area contributed by atoms with Gasteiger partial charge in [0, 0.05) is 0 Å². The van der Waals surface area contributed by atoms with Crippen molar-refractivity contribution in [1.29, 1.82) is 0 Å². The summed E-state index contributed by atoms with van der Waals surface area (Å²) in [6.07, 6.45) is 1.78. The van der Waals surface area contributed by atoms with Gasteiger partial charge in [-0.25, -0.2) is 0 Å². The van der Waals surface area contributed by atoms with Crippen molar-refractivity contribution >= 4 is 11.6 Å². The Morgan fingerprint density at radius 2 is 2.20 bits per heavy atom. The highest BCUT2D eigenvalue weighted by Gasteiger charge is 2.22. The summed E-state index contributed by atoms with van der Waals surface area (Å²) in [5.74, 6) is 0. The summed E-state index contributed by atoms with van der Waals surface area (Å²) < 4.78 is 5.31. The maximum absolute atomic E-state index is 5.96. The number of ether oxygens (including phenoxy) is 1. The van der Waals surface area contributed by atoms with E-state index in [0.717, 1.165) is 0 Å². The minimum absolute atomic E-state index is 0.0622. The first kappa shape index (κ1) is 9.99. The van der Waals surface area contributed by atoms with Crippen molar-refractivity contribution in [2.24, 2.45) is 0 Å². The van der Waals surface area contributed by atoms with E-state index in [4.69, 9.17) is 16.3 Å². The first-order chi connectivity index (χ1) is 4.48. The van der Waals surface area contributed by atoms with Gasteiger partial charge < -0.3 is 4.74 Å². The largest absolute Gasteiger partial charge is 0.373 e. The molecule has 0 rings (SSSR count). The number of halogens is 1. The predicted octanol–water partition coefficient (Wildman–Crippen LogP) is 2.59. The molecular formula is C8H15ClO. The molecule has 0 aliphatic heterocycles. The molecule has 0 aromatic heterocycles. The third-order valence-corrected chi connectivity index (χ3v) is 1.74. The quantitative estimate of drug-likeness (QED) is 0.456. The number of hydrogen-bond donors (Lipinski definition) is 0. The molecule has 0 radical (unpaired) electrons. The average Bonchev–Trinajstić information content (AvgIpc) is 1.80. The Labute approximate surface area is 68.0 Å². The molecule has 0 aliphatic rings. The Bertz CT molecular complexity index is 104. The summed E-state index contributed by atoms with van der Waals surface area (Å²) in [6.45, 7) is 9.93. The molecule has 0 bridgehead atoms. The molecule has 1 unspecified atom stereocenters. The lowest BCUT2D eigenvalue weighted by molar-refractivity contribution is 0.0645. The zero-order chi connectivity index (χ0) is 8.20. The van der Waals surface area contributed by atoms with E-state index in [1.165, 1.54) is 0 Å². The van der Waals surface area contributed by atoms with Gasteiger partial charge in [0.25, 0.3) is 0 Å². The van der Waals surface area contributed by atoms with Crippen LogP contribution in [0.25, 0.3) is 0 Å². The molecule has 1 nitrogen and oxygen atoms in total. The second kappa shape index (κ2) is 3.99. The van der Waals surface area contributed by atoms with Crippen molar-refractivity contribution in [3.8, 4) is 0 Å². The summed E-state index contributed by atoms with van der Waals surface area (Å²) >= 11 is 5.96. The van der Waals surface area contributed by atoms with Gasteiger partial charge in [0.15, 0.2) is 0 Å². The maximum atomic E-state index is 5.96. The van der Waals surface area contributed by atoms with Gasteiger partial charge >= 0.3 is 0 Å². The second-order valence-electron chi connectivity index (χ2n) is 2.83. The smallest absolute Gasteiger partial charge is 0.0737 e. The van der Waals surface area contributed by atoms with Gasteiger partial charge in [-0.2, -0.15) is 0 Å². The Balaban J connectivity index is 3.61. The molecule has 0 aromatic carbocycles. The summed E-state index contributed by atoms with van der Waals surface area (Å²) in [4.78, 5) is -0.289. The number of rotatable bonds is 4. The Morgan fingerprint density at radius 1 is 1.70 bits per heavy atom. The molecule has 1 atom stereocenters. The Kier molecular flexibility index (Phi) is 3.99. The van der Waals surface area contributed by atoms with Gasteiger partial charge in [0.1, 0.15) is 0 Å². The highest BCUT2D eigenvalue weighted by atomic mass is 35.5. The van der Waals surface area contributed by atoms with Crippen molar-refractivity contribution in [1.82, 2.24) is 0 Å². The third-order valence-electron chi connectivity index (χ3n) is 1.43. The molecular weight excluding hydrogens is 148 g/mol. The van der Waals surface area contributed by atoms with Crippen LogP contribution < -0.4 is 0 Å². The monoisotopic (exact) mass is 162 g/mol. The first-order valence-corrected chi connectivity index (χ1v) is 3.77. The van der Waals surface area contributed by atoms with E-state index in [9.17, 15) is 0 Å². The molecule has 0 fully saturated rings. The maximum Gasteiger partial charge on any atom is 0.0737 e. The summed E-state index contributed by atoms with van der Waals surface area (Å²) in [6, 6.07) is 0. The zero-order valence-electron chi connectivity index (χ0n) is 6.86. The van der Waals surface area contributed by atoms with Crippen LogP contribution in [0, 0.1) is 0 Å². The summed E-state index contributed by atoms with van der Waals surface area (Å²) in [7, 11) is 0. The van der Waals surface area contributed by atoms with E-state index in [1.807, 2.05) is 20.8 Å². The lowest BCUT2D eigenvalue weighted by Crippen LogP contribution is -2.30. The number of hydrogen-bond acceptors (Lipinski definition) is 1. The van der Waals surface area contributed by atoms with Crippen molar-refractivity contribution in [2.45, 2.75) is 31.7 Å².